The van der Waals surface area contributed by atoms with Gasteiger partial charge >= 0.3 is 0 Å². The molecule has 2 aromatic rings. The van der Waals surface area contributed by atoms with Crippen LogP contribution in [-0.2, 0) is 4.79 Å². The molecule has 0 fully saturated rings. The minimum absolute atomic E-state index is 0.0231. The van der Waals surface area contributed by atoms with Crippen molar-refractivity contribution in [1.29, 1.82) is 0 Å². The summed E-state index contributed by atoms with van der Waals surface area (Å²) in [7, 11) is 0. The largest absolute Gasteiger partial charge is 0.434 e. The molecule has 1 aromatic carbocycles. The number of nitrogens with one attached hydrogen (secondary N) is 1. The lowest BCUT2D eigenvalue weighted by atomic mass is 9.93. The summed E-state index contributed by atoms with van der Waals surface area (Å²) in [5.74, 6) is -0.303. The smallest absolute Gasteiger partial charge is 0.266 e. The van der Waals surface area contributed by atoms with Crippen molar-refractivity contribution in [3.63, 3.8) is 0 Å². The molecule has 94 valence electrons. The molecule has 0 aliphatic heterocycles. The molecule has 0 radical (unpaired) electrons. The molecule has 5 heteroatoms. The van der Waals surface area contributed by atoms with Crippen molar-refractivity contribution in [2.75, 3.05) is 0 Å². The van der Waals surface area contributed by atoms with Crippen molar-refractivity contribution >= 4 is 23.3 Å². The lowest BCUT2D eigenvalue weighted by Crippen LogP contribution is -2.48. The number of ketones is 1. The standard InChI is InChI=1S/C13H14N2O3/c1-3-13(2,14-8-16)11(17)12-15-9-6-4-5-7-10(9)18-12/h4-8H,3H2,1-2H3,(H,14,16)/t13-/m0/s1. The molecule has 1 atom stereocenters. The summed E-state index contributed by atoms with van der Waals surface area (Å²) < 4.78 is 5.41. The molecule has 0 saturated heterocycles. The molecule has 0 aliphatic carbocycles. The van der Waals surface area contributed by atoms with Crippen LogP contribution in [0.15, 0.2) is 28.7 Å². The highest BCUT2D eigenvalue weighted by Gasteiger charge is 2.35. The summed E-state index contributed by atoms with van der Waals surface area (Å²) in [6, 6.07) is 7.15. The number of hydrogen-bond donors (Lipinski definition) is 1. The van der Waals surface area contributed by atoms with Crippen LogP contribution in [0.2, 0.25) is 0 Å². The molecular weight excluding hydrogens is 232 g/mol. The Morgan fingerprint density at radius 1 is 1.50 bits per heavy atom. The normalized spacial score (nSPS) is 14.1. The van der Waals surface area contributed by atoms with Gasteiger partial charge in [-0.3, -0.25) is 9.59 Å². The van der Waals surface area contributed by atoms with Crippen LogP contribution in [0, 0.1) is 0 Å². The first-order valence-corrected chi connectivity index (χ1v) is 5.72. The molecule has 18 heavy (non-hydrogen) atoms. The van der Waals surface area contributed by atoms with Gasteiger partial charge in [0.25, 0.3) is 5.89 Å². The molecule has 0 aliphatic rings. The molecule has 1 aromatic heterocycles. The summed E-state index contributed by atoms with van der Waals surface area (Å²) in [6.45, 7) is 3.47. The first-order chi connectivity index (χ1) is 8.60. The van der Waals surface area contributed by atoms with Crippen LogP contribution < -0.4 is 5.32 Å². The van der Waals surface area contributed by atoms with Crippen LogP contribution in [0.25, 0.3) is 11.1 Å². The Bertz CT molecular complexity index is 558. The predicted molar refractivity (Wildman–Crippen MR) is 66.2 cm³/mol. The van der Waals surface area contributed by atoms with Gasteiger partial charge in [-0.05, 0) is 25.5 Å². The highest BCUT2D eigenvalue weighted by Crippen LogP contribution is 2.20. The number of hydrogen-bond acceptors (Lipinski definition) is 4. The molecule has 1 N–H and O–H groups in total. The Hall–Kier alpha value is -2.17. The SMILES string of the molecule is CC[C@](C)(NC=O)C(=O)c1nc2ccccc2o1. The number of para-hydroxylation sites is 2. The Balaban J connectivity index is 2.41. The molecule has 0 spiro atoms. The van der Waals surface area contributed by atoms with Gasteiger partial charge in [0.15, 0.2) is 5.58 Å². The Morgan fingerprint density at radius 2 is 2.22 bits per heavy atom. The molecule has 1 amide bonds. The minimum Gasteiger partial charge on any atom is -0.434 e. The average molecular weight is 246 g/mol. The molecular formula is C13H14N2O3. The van der Waals surface area contributed by atoms with Crippen LogP contribution in [0.1, 0.15) is 31.0 Å². The number of rotatable bonds is 5. The second-order valence-corrected chi connectivity index (χ2v) is 4.26. The van der Waals surface area contributed by atoms with Gasteiger partial charge in [-0.1, -0.05) is 19.1 Å². The van der Waals surface area contributed by atoms with E-state index < -0.39 is 5.54 Å². The molecule has 0 unspecified atom stereocenters. The molecule has 0 bridgehead atoms. The van der Waals surface area contributed by atoms with Crippen molar-refractivity contribution in [1.82, 2.24) is 10.3 Å². The van der Waals surface area contributed by atoms with Crippen molar-refractivity contribution in [2.24, 2.45) is 0 Å². The Labute approximate surface area is 104 Å². The Morgan fingerprint density at radius 3 is 2.83 bits per heavy atom. The summed E-state index contributed by atoms with van der Waals surface area (Å²) in [5, 5.41) is 2.52. The number of benzene rings is 1. The van der Waals surface area contributed by atoms with E-state index in [1.165, 1.54) is 0 Å². The Kier molecular flexibility index (Phi) is 3.14. The fourth-order valence-corrected chi connectivity index (χ4v) is 1.66. The molecule has 2 rings (SSSR count). The van der Waals surface area contributed by atoms with E-state index in [0.717, 1.165) is 0 Å². The minimum atomic E-state index is -0.984. The van der Waals surface area contributed by atoms with Crippen molar-refractivity contribution in [3.05, 3.63) is 30.2 Å². The first-order valence-electron chi connectivity index (χ1n) is 5.72. The zero-order valence-electron chi connectivity index (χ0n) is 10.3. The van der Waals surface area contributed by atoms with E-state index >= 15 is 0 Å². The van der Waals surface area contributed by atoms with E-state index in [9.17, 15) is 9.59 Å². The van der Waals surface area contributed by atoms with E-state index in [0.29, 0.717) is 23.9 Å². The highest BCUT2D eigenvalue weighted by atomic mass is 16.4. The second kappa shape index (κ2) is 4.60. The summed E-state index contributed by atoms with van der Waals surface area (Å²) >= 11 is 0. The van der Waals surface area contributed by atoms with E-state index in [4.69, 9.17) is 4.42 Å². The van der Waals surface area contributed by atoms with Gasteiger partial charge in [0.05, 0.1) is 0 Å². The van der Waals surface area contributed by atoms with E-state index in [-0.39, 0.29) is 11.7 Å². The van der Waals surface area contributed by atoms with Gasteiger partial charge in [-0.2, -0.15) is 0 Å². The fraction of sp³-hybridized carbons (Fsp3) is 0.308. The number of oxazole rings is 1. The number of carbonyl (C=O) groups excluding carboxylic acids is 2. The second-order valence-electron chi connectivity index (χ2n) is 4.26. The van der Waals surface area contributed by atoms with Gasteiger partial charge < -0.3 is 9.73 Å². The van der Waals surface area contributed by atoms with Gasteiger partial charge in [-0.15, -0.1) is 0 Å². The number of fused-ring (bicyclic) bond motifs is 1. The highest BCUT2D eigenvalue weighted by molar-refractivity contribution is 6.01. The fourth-order valence-electron chi connectivity index (χ4n) is 1.66. The van der Waals surface area contributed by atoms with Crippen LogP contribution in [0.5, 0.6) is 0 Å². The third-order valence-corrected chi connectivity index (χ3v) is 3.07. The topological polar surface area (TPSA) is 72.2 Å². The summed E-state index contributed by atoms with van der Waals surface area (Å²) in [4.78, 5) is 27.0. The molecule has 0 saturated carbocycles. The summed E-state index contributed by atoms with van der Waals surface area (Å²) in [6.07, 6.45) is 0.980. The van der Waals surface area contributed by atoms with Crippen molar-refractivity contribution in [2.45, 2.75) is 25.8 Å². The lowest BCUT2D eigenvalue weighted by molar-refractivity contribution is -0.110. The van der Waals surface area contributed by atoms with Gasteiger partial charge in [-0.25, -0.2) is 4.98 Å². The number of aromatic nitrogens is 1. The monoisotopic (exact) mass is 246 g/mol. The zero-order chi connectivity index (χ0) is 13.2. The van der Waals surface area contributed by atoms with Crippen LogP contribution in [-0.4, -0.2) is 22.7 Å². The number of carbonyl (C=O) groups is 2. The first kappa shape index (κ1) is 12.3. The maximum atomic E-state index is 12.3. The third kappa shape index (κ3) is 1.99. The van der Waals surface area contributed by atoms with Gasteiger partial charge in [0.2, 0.25) is 12.2 Å². The maximum Gasteiger partial charge on any atom is 0.266 e. The predicted octanol–water partition coefficient (Wildman–Crippen LogP) is 1.93. The summed E-state index contributed by atoms with van der Waals surface area (Å²) in [5.41, 5.74) is 0.207. The molecule has 1 heterocycles. The maximum absolute atomic E-state index is 12.3. The lowest BCUT2D eigenvalue weighted by Gasteiger charge is -2.23. The van der Waals surface area contributed by atoms with E-state index in [1.807, 2.05) is 19.1 Å². The van der Waals surface area contributed by atoms with Crippen molar-refractivity contribution in [3.8, 4) is 0 Å². The van der Waals surface area contributed by atoms with E-state index in [1.54, 1.807) is 19.1 Å². The van der Waals surface area contributed by atoms with Crippen molar-refractivity contribution < 1.29 is 14.0 Å². The third-order valence-electron chi connectivity index (χ3n) is 3.07. The quantitative estimate of drug-likeness (QED) is 0.646. The van der Waals surface area contributed by atoms with Crippen LogP contribution in [0.3, 0.4) is 0 Å². The van der Waals surface area contributed by atoms with Crippen LogP contribution in [0.4, 0.5) is 0 Å². The molecule has 5 nitrogen and oxygen atoms in total. The van der Waals surface area contributed by atoms with Gasteiger partial charge in [0, 0.05) is 0 Å². The number of amides is 1. The van der Waals surface area contributed by atoms with E-state index in [2.05, 4.69) is 10.3 Å². The average Bonchev–Trinajstić information content (AvgIpc) is 2.81. The zero-order valence-corrected chi connectivity index (χ0v) is 10.3. The number of Topliss-reactive ketones (excluding diaryl/α,β-unsaturated/α-hetero) is 1. The number of nitrogens with zero attached hydrogens (tertiary/aromatic N) is 1. The van der Waals surface area contributed by atoms with Gasteiger partial charge in [0.1, 0.15) is 11.1 Å². The van der Waals surface area contributed by atoms with Crippen LogP contribution >= 0.6 is 0 Å².